The summed E-state index contributed by atoms with van der Waals surface area (Å²) in [5.74, 6) is 0.831. The van der Waals surface area contributed by atoms with Crippen LogP contribution in [0.4, 0.5) is 0 Å². The van der Waals surface area contributed by atoms with Crippen LogP contribution in [0.3, 0.4) is 0 Å². The number of benzene rings is 3. The Morgan fingerprint density at radius 1 is 0.773 bits per heavy atom. The lowest BCUT2D eigenvalue weighted by molar-refractivity contribution is 0.306. The van der Waals surface area contributed by atoms with Crippen molar-refractivity contribution in [2.24, 2.45) is 0 Å². The minimum Gasteiger partial charge on any atom is -0.489 e. The fraction of sp³-hybridized carbons (Fsp3) is 0.0526. The van der Waals surface area contributed by atoms with Crippen molar-refractivity contribution in [1.29, 1.82) is 0 Å². The van der Waals surface area contributed by atoms with Crippen molar-refractivity contribution in [1.82, 2.24) is 0 Å². The molecule has 0 heterocycles. The maximum absolute atomic E-state index is 6.23. The molecule has 0 spiro atoms. The van der Waals surface area contributed by atoms with Gasteiger partial charge in [-0.15, -0.1) is 0 Å². The summed E-state index contributed by atoms with van der Waals surface area (Å²) in [6.45, 7) is 0.557. The number of hydrogen-bond donors (Lipinski definition) is 0. The molecular weight excluding hydrogens is 315 g/mol. The zero-order chi connectivity index (χ0) is 15.4. The van der Waals surface area contributed by atoms with E-state index in [0.717, 1.165) is 22.4 Å². The van der Waals surface area contributed by atoms with E-state index in [1.807, 2.05) is 66.7 Å². The summed E-state index contributed by atoms with van der Waals surface area (Å²) in [6.07, 6.45) is 0. The highest BCUT2D eigenvalue weighted by Crippen LogP contribution is 2.31. The molecule has 0 bridgehead atoms. The van der Waals surface area contributed by atoms with E-state index in [0.29, 0.717) is 16.7 Å². The molecule has 3 heteroatoms. The molecule has 0 saturated heterocycles. The second kappa shape index (κ2) is 6.87. The van der Waals surface area contributed by atoms with Crippen molar-refractivity contribution in [2.75, 3.05) is 0 Å². The SMILES string of the molecule is Clc1ccc(-c2ccc(OCc3ccccc3)cc2)c(Cl)c1. The van der Waals surface area contributed by atoms with E-state index in [-0.39, 0.29) is 0 Å². The molecule has 22 heavy (non-hydrogen) atoms. The maximum atomic E-state index is 6.23. The average molecular weight is 329 g/mol. The van der Waals surface area contributed by atoms with Gasteiger partial charge in [0.25, 0.3) is 0 Å². The van der Waals surface area contributed by atoms with Gasteiger partial charge in [-0.2, -0.15) is 0 Å². The summed E-state index contributed by atoms with van der Waals surface area (Å²) in [7, 11) is 0. The van der Waals surface area contributed by atoms with Crippen LogP contribution in [0.1, 0.15) is 5.56 Å². The van der Waals surface area contributed by atoms with Crippen LogP contribution in [-0.2, 0) is 6.61 Å². The molecule has 0 atom stereocenters. The first kappa shape index (κ1) is 15.0. The molecule has 0 amide bonds. The van der Waals surface area contributed by atoms with Crippen LogP contribution in [0, 0.1) is 0 Å². The fourth-order valence-corrected chi connectivity index (χ4v) is 2.71. The first-order chi connectivity index (χ1) is 10.7. The Morgan fingerprint density at radius 2 is 1.50 bits per heavy atom. The molecule has 110 valence electrons. The van der Waals surface area contributed by atoms with Crippen molar-refractivity contribution in [3.8, 4) is 16.9 Å². The number of rotatable bonds is 4. The van der Waals surface area contributed by atoms with Crippen LogP contribution in [0.2, 0.25) is 10.0 Å². The third-order valence-electron chi connectivity index (χ3n) is 3.34. The molecule has 0 unspecified atom stereocenters. The minimum absolute atomic E-state index is 0.557. The summed E-state index contributed by atoms with van der Waals surface area (Å²) in [5.41, 5.74) is 3.14. The number of hydrogen-bond acceptors (Lipinski definition) is 1. The predicted molar refractivity (Wildman–Crippen MR) is 92.7 cm³/mol. The maximum Gasteiger partial charge on any atom is 0.119 e. The highest BCUT2D eigenvalue weighted by molar-refractivity contribution is 6.36. The Labute approximate surface area is 140 Å². The summed E-state index contributed by atoms with van der Waals surface area (Å²) in [4.78, 5) is 0. The molecule has 1 nitrogen and oxygen atoms in total. The van der Waals surface area contributed by atoms with Crippen molar-refractivity contribution < 1.29 is 4.74 Å². The third-order valence-corrected chi connectivity index (χ3v) is 3.89. The molecule has 3 aromatic rings. The van der Waals surface area contributed by atoms with Crippen molar-refractivity contribution in [3.63, 3.8) is 0 Å². The fourth-order valence-electron chi connectivity index (χ4n) is 2.20. The second-order valence-electron chi connectivity index (χ2n) is 4.92. The smallest absolute Gasteiger partial charge is 0.119 e. The van der Waals surface area contributed by atoms with E-state index in [1.165, 1.54) is 0 Å². The summed E-state index contributed by atoms with van der Waals surface area (Å²) < 4.78 is 5.78. The molecule has 0 radical (unpaired) electrons. The van der Waals surface area contributed by atoms with Gasteiger partial charge in [0.05, 0.1) is 0 Å². The molecular formula is C19H14Cl2O. The van der Waals surface area contributed by atoms with Crippen LogP contribution in [0.15, 0.2) is 72.8 Å². The Balaban J connectivity index is 1.72. The lowest BCUT2D eigenvalue weighted by atomic mass is 10.1. The highest BCUT2D eigenvalue weighted by Gasteiger charge is 2.04. The zero-order valence-electron chi connectivity index (χ0n) is 11.8. The second-order valence-corrected chi connectivity index (χ2v) is 5.77. The summed E-state index contributed by atoms with van der Waals surface area (Å²) in [5, 5.41) is 1.28. The zero-order valence-corrected chi connectivity index (χ0v) is 13.3. The van der Waals surface area contributed by atoms with E-state index in [9.17, 15) is 0 Å². The minimum atomic E-state index is 0.557. The van der Waals surface area contributed by atoms with Crippen LogP contribution in [0.25, 0.3) is 11.1 Å². The van der Waals surface area contributed by atoms with Gasteiger partial charge in [-0.05, 0) is 35.4 Å². The lowest BCUT2D eigenvalue weighted by Crippen LogP contribution is -1.94. The molecule has 0 N–H and O–H groups in total. The van der Waals surface area contributed by atoms with Crippen molar-refractivity contribution in [3.05, 3.63) is 88.4 Å². The van der Waals surface area contributed by atoms with Gasteiger partial charge in [0.2, 0.25) is 0 Å². The third kappa shape index (κ3) is 3.62. The van der Waals surface area contributed by atoms with Gasteiger partial charge in [0.1, 0.15) is 12.4 Å². The largest absolute Gasteiger partial charge is 0.489 e. The van der Waals surface area contributed by atoms with Gasteiger partial charge in [-0.1, -0.05) is 71.7 Å². The van der Waals surface area contributed by atoms with Crippen LogP contribution in [0.5, 0.6) is 5.75 Å². The van der Waals surface area contributed by atoms with E-state index in [2.05, 4.69) is 0 Å². The molecule has 0 fully saturated rings. The first-order valence-electron chi connectivity index (χ1n) is 6.94. The topological polar surface area (TPSA) is 9.23 Å². The molecule has 0 aliphatic rings. The van der Waals surface area contributed by atoms with Crippen molar-refractivity contribution in [2.45, 2.75) is 6.61 Å². The molecule has 0 saturated carbocycles. The van der Waals surface area contributed by atoms with Gasteiger partial charge in [-0.25, -0.2) is 0 Å². The molecule has 0 aliphatic heterocycles. The van der Waals surface area contributed by atoms with Gasteiger partial charge in [-0.3, -0.25) is 0 Å². The molecule has 3 rings (SSSR count). The van der Waals surface area contributed by atoms with Gasteiger partial charge >= 0.3 is 0 Å². The van der Waals surface area contributed by atoms with E-state index in [4.69, 9.17) is 27.9 Å². The highest BCUT2D eigenvalue weighted by atomic mass is 35.5. The monoisotopic (exact) mass is 328 g/mol. The average Bonchev–Trinajstić information content (AvgIpc) is 2.55. The van der Waals surface area contributed by atoms with Gasteiger partial charge in [0, 0.05) is 15.6 Å². The van der Waals surface area contributed by atoms with Crippen LogP contribution in [-0.4, -0.2) is 0 Å². The standard InChI is InChI=1S/C19H14Cl2O/c20-16-8-11-18(19(21)12-16)15-6-9-17(10-7-15)22-13-14-4-2-1-3-5-14/h1-12H,13H2. The Bertz CT molecular complexity index is 752. The summed E-state index contributed by atoms with van der Waals surface area (Å²) in [6, 6.07) is 23.5. The van der Waals surface area contributed by atoms with E-state index < -0.39 is 0 Å². The molecule has 3 aromatic carbocycles. The first-order valence-corrected chi connectivity index (χ1v) is 7.70. The summed E-state index contributed by atoms with van der Waals surface area (Å²) >= 11 is 12.2. The van der Waals surface area contributed by atoms with Gasteiger partial charge < -0.3 is 4.74 Å². The van der Waals surface area contributed by atoms with E-state index in [1.54, 1.807) is 6.07 Å². The lowest BCUT2D eigenvalue weighted by Gasteiger charge is -2.09. The van der Waals surface area contributed by atoms with E-state index >= 15 is 0 Å². The molecule has 0 aromatic heterocycles. The van der Waals surface area contributed by atoms with Crippen molar-refractivity contribution >= 4 is 23.2 Å². The Morgan fingerprint density at radius 3 is 2.18 bits per heavy atom. The Kier molecular flexibility index (Phi) is 4.67. The Hall–Kier alpha value is -1.96. The quantitative estimate of drug-likeness (QED) is 0.550. The van der Waals surface area contributed by atoms with Crippen LogP contribution >= 0.6 is 23.2 Å². The normalized spacial score (nSPS) is 10.5. The van der Waals surface area contributed by atoms with Gasteiger partial charge in [0.15, 0.2) is 0 Å². The number of ether oxygens (including phenoxy) is 1. The predicted octanol–water partition coefficient (Wildman–Crippen LogP) is 6.24. The van der Waals surface area contributed by atoms with Crippen LogP contribution < -0.4 is 4.74 Å². The molecule has 0 aliphatic carbocycles. The number of halogens is 2.